The molecule has 0 aliphatic heterocycles. The van der Waals surface area contributed by atoms with Gasteiger partial charge in [-0.3, -0.25) is 13.9 Å². The van der Waals surface area contributed by atoms with E-state index in [1.54, 1.807) is 54.6 Å². The van der Waals surface area contributed by atoms with Crippen LogP contribution in [0.15, 0.2) is 113 Å². The van der Waals surface area contributed by atoms with Gasteiger partial charge in [-0.05, 0) is 91.4 Å². The van der Waals surface area contributed by atoms with E-state index in [1.807, 2.05) is 56.5 Å². The van der Waals surface area contributed by atoms with Crippen molar-refractivity contribution in [2.75, 3.05) is 30.3 Å². The molecule has 0 spiro atoms. The van der Waals surface area contributed by atoms with Gasteiger partial charge in [0.05, 0.1) is 17.2 Å². The third-order valence-corrected chi connectivity index (χ3v) is 10.2. The molecule has 0 aliphatic rings. The highest BCUT2D eigenvalue weighted by Gasteiger charge is 2.34. The Balaban J connectivity index is 1.80. The molecular weight excluding hydrogens is 654 g/mol. The molecule has 0 unspecified atom stereocenters. The Bertz CT molecular complexity index is 1720. The molecule has 0 aliphatic carbocycles. The van der Waals surface area contributed by atoms with E-state index in [9.17, 15) is 18.0 Å². The minimum absolute atomic E-state index is 0.0377. The highest BCUT2D eigenvalue weighted by Crippen LogP contribution is 2.28. The van der Waals surface area contributed by atoms with Crippen LogP contribution in [0.1, 0.15) is 31.4 Å². The van der Waals surface area contributed by atoms with Gasteiger partial charge < -0.3 is 15.0 Å². The van der Waals surface area contributed by atoms with Crippen LogP contribution in [0.3, 0.4) is 0 Å². The topological polar surface area (TPSA) is 96.0 Å². The second-order valence-electron chi connectivity index (χ2n) is 10.8. The van der Waals surface area contributed by atoms with Gasteiger partial charge in [0, 0.05) is 29.4 Å². The Morgan fingerprint density at radius 3 is 2.19 bits per heavy atom. The molecule has 0 heterocycles. The number of nitrogens with one attached hydrogen (secondary N) is 1. The molecule has 11 heteroatoms. The van der Waals surface area contributed by atoms with E-state index < -0.39 is 28.5 Å². The fourth-order valence-electron chi connectivity index (χ4n) is 5.03. The Morgan fingerprint density at radius 1 is 0.894 bits per heavy atom. The molecule has 0 aromatic heterocycles. The molecule has 0 saturated carbocycles. The summed E-state index contributed by atoms with van der Waals surface area (Å²) in [5.41, 5.74) is 1.85. The molecule has 0 fully saturated rings. The quantitative estimate of drug-likeness (QED) is 0.129. The van der Waals surface area contributed by atoms with Gasteiger partial charge in [0.25, 0.3) is 10.0 Å². The standard InChI is InChI=1S/C36H40ClN3O5S2/c1-4-22-38-36(42)34(24-27-10-7-6-8-11-27)39(25-28-12-9-13-29(37)23-28)35(41)26-40(30-14-16-31(17-15-30)45-5-2)47(43,44)33-20-18-32(46-3)19-21-33/h6-21,23,34H,4-5,22,24-26H2,1-3H3,(H,38,42)/t34-/m1/s1. The highest BCUT2D eigenvalue weighted by molar-refractivity contribution is 7.98. The molecule has 2 amide bonds. The van der Waals surface area contributed by atoms with Crippen molar-refractivity contribution >= 4 is 50.9 Å². The molecule has 248 valence electrons. The van der Waals surface area contributed by atoms with Crippen LogP contribution in [0.2, 0.25) is 5.02 Å². The summed E-state index contributed by atoms with van der Waals surface area (Å²) in [6, 6.07) is 28.7. The normalized spacial score (nSPS) is 11.8. The van der Waals surface area contributed by atoms with E-state index in [-0.39, 0.29) is 29.5 Å². The number of sulfonamides is 1. The summed E-state index contributed by atoms with van der Waals surface area (Å²) in [5.74, 6) is -0.299. The number of anilines is 1. The Kier molecular flexibility index (Phi) is 13.2. The molecule has 4 rings (SSSR count). The number of carbonyl (C=O) groups is 2. The maximum Gasteiger partial charge on any atom is 0.264 e. The van der Waals surface area contributed by atoms with Gasteiger partial charge in [-0.15, -0.1) is 11.8 Å². The van der Waals surface area contributed by atoms with Crippen LogP contribution < -0.4 is 14.4 Å². The van der Waals surface area contributed by atoms with Crippen molar-refractivity contribution < 1.29 is 22.7 Å². The minimum atomic E-state index is -4.22. The number of rotatable bonds is 16. The first-order valence-corrected chi connectivity index (χ1v) is 18.5. The second kappa shape index (κ2) is 17.2. The van der Waals surface area contributed by atoms with Crippen LogP contribution in [-0.2, 0) is 32.6 Å². The first kappa shape index (κ1) is 35.9. The summed E-state index contributed by atoms with van der Waals surface area (Å²) in [5, 5.41) is 3.43. The molecule has 4 aromatic rings. The predicted molar refractivity (Wildman–Crippen MR) is 190 cm³/mol. The maximum atomic E-state index is 14.6. The molecule has 0 radical (unpaired) electrons. The molecule has 1 atom stereocenters. The van der Waals surface area contributed by atoms with Gasteiger partial charge in [0.15, 0.2) is 0 Å². The summed E-state index contributed by atoms with van der Waals surface area (Å²) in [4.78, 5) is 30.7. The van der Waals surface area contributed by atoms with Crippen molar-refractivity contribution in [1.82, 2.24) is 10.2 Å². The van der Waals surface area contributed by atoms with E-state index in [4.69, 9.17) is 16.3 Å². The van der Waals surface area contributed by atoms with E-state index in [1.165, 1.54) is 28.8 Å². The lowest BCUT2D eigenvalue weighted by atomic mass is 10.0. The van der Waals surface area contributed by atoms with Crippen LogP contribution in [0.5, 0.6) is 5.75 Å². The number of hydrogen-bond donors (Lipinski definition) is 1. The van der Waals surface area contributed by atoms with Gasteiger partial charge in [0.2, 0.25) is 11.8 Å². The third-order valence-electron chi connectivity index (χ3n) is 7.42. The Labute approximate surface area is 287 Å². The second-order valence-corrected chi connectivity index (χ2v) is 13.9. The highest BCUT2D eigenvalue weighted by atomic mass is 35.5. The van der Waals surface area contributed by atoms with Crippen molar-refractivity contribution in [3.8, 4) is 5.75 Å². The smallest absolute Gasteiger partial charge is 0.264 e. The molecule has 0 saturated heterocycles. The SMILES string of the molecule is CCCNC(=O)[C@@H](Cc1ccccc1)N(Cc1cccc(Cl)c1)C(=O)CN(c1ccc(OCC)cc1)S(=O)(=O)c1ccc(SC)cc1. The Hall–Kier alpha value is -3.99. The number of halogens is 1. The summed E-state index contributed by atoms with van der Waals surface area (Å²) in [6.07, 6.45) is 2.85. The van der Waals surface area contributed by atoms with E-state index in [2.05, 4.69) is 5.32 Å². The van der Waals surface area contributed by atoms with Crippen LogP contribution >= 0.6 is 23.4 Å². The van der Waals surface area contributed by atoms with Gasteiger partial charge >= 0.3 is 0 Å². The first-order chi connectivity index (χ1) is 22.7. The zero-order chi connectivity index (χ0) is 33.8. The lowest BCUT2D eigenvalue weighted by Gasteiger charge is -2.34. The average Bonchev–Trinajstić information content (AvgIpc) is 3.08. The summed E-state index contributed by atoms with van der Waals surface area (Å²) in [7, 11) is -4.22. The lowest BCUT2D eigenvalue weighted by Crippen LogP contribution is -2.53. The minimum Gasteiger partial charge on any atom is -0.494 e. The van der Waals surface area contributed by atoms with Crippen LogP contribution in [-0.4, -0.2) is 57.1 Å². The molecule has 0 bridgehead atoms. The largest absolute Gasteiger partial charge is 0.494 e. The summed E-state index contributed by atoms with van der Waals surface area (Å²) < 4.78 is 35.2. The van der Waals surface area contributed by atoms with Crippen molar-refractivity contribution in [2.24, 2.45) is 0 Å². The molecular formula is C36H40ClN3O5S2. The third kappa shape index (κ3) is 9.76. The fourth-order valence-corrected chi connectivity index (χ4v) is 7.07. The summed E-state index contributed by atoms with van der Waals surface area (Å²) in [6.45, 7) is 4.18. The van der Waals surface area contributed by atoms with Gasteiger partial charge in [-0.25, -0.2) is 8.42 Å². The fraction of sp³-hybridized carbons (Fsp3) is 0.278. The van der Waals surface area contributed by atoms with Crippen molar-refractivity contribution in [3.05, 3.63) is 119 Å². The molecule has 8 nitrogen and oxygen atoms in total. The number of hydrogen-bond acceptors (Lipinski definition) is 6. The van der Waals surface area contributed by atoms with E-state index in [0.29, 0.717) is 35.9 Å². The zero-order valence-electron chi connectivity index (χ0n) is 26.8. The lowest BCUT2D eigenvalue weighted by molar-refractivity contribution is -0.140. The monoisotopic (exact) mass is 693 g/mol. The number of nitrogens with zero attached hydrogens (tertiary/aromatic N) is 2. The molecule has 47 heavy (non-hydrogen) atoms. The number of ether oxygens (including phenoxy) is 1. The summed E-state index contributed by atoms with van der Waals surface area (Å²) >= 11 is 7.81. The van der Waals surface area contributed by atoms with E-state index in [0.717, 1.165) is 14.8 Å². The van der Waals surface area contributed by atoms with Gasteiger partial charge in [-0.1, -0.05) is 61.0 Å². The van der Waals surface area contributed by atoms with Crippen molar-refractivity contribution in [3.63, 3.8) is 0 Å². The van der Waals surface area contributed by atoms with Crippen molar-refractivity contribution in [1.29, 1.82) is 0 Å². The Morgan fingerprint density at radius 2 is 1.57 bits per heavy atom. The van der Waals surface area contributed by atoms with Gasteiger partial charge in [-0.2, -0.15) is 0 Å². The molecule has 4 aromatic carbocycles. The molecule has 1 N–H and O–H groups in total. The van der Waals surface area contributed by atoms with Crippen LogP contribution in [0, 0.1) is 0 Å². The van der Waals surface area contributed by atoms with Gasteiger partial charge in [0.1, 0.15) is 18.3 Å². The maximum absolute atomic E-state index is 14.6. The first-order valence-electron chi connectivity index (χ1n) is 15.4. The average molecular weight is 694 g/mol. The number of benzene rings is 4. The predicted octanol–water partition coefficient (Wildman–Crippen LogP) is 6.82. The number of carbonyl (C=O) groups excluding carboxylic acids is 2. The van der Waals surface area contributed by atoms with Crippen molar-refractivity contribution in [2.45, 2.75) is 49.1 Å². The van der Waals surface area contributed by atoms with Crippen LogP contribution in [0.25, 0.3) is 0 Å². The van der Waals surface area contributed by atoms with E-state index >= 15 is 0 Å². The number of amides is 2. The van der Waals surface area contributed by atoms with Crippen LogP contribution in [0.4, 0.5) is 5.69 Å². The number of thioether (sulfide) groups is 1. The zero-order valence-corrected chi connectivity index (χ0v) is 29.2.